The molecule has 1 N–H and O–H groups in total. The molecule has 2 aromatic heterocycles. The molecular weight excluding hydrogens is 234 g/mol. The first-order valence-corrected chi connectivity index (χ1v) is 6.64. The van der Waals surface area contributed by atoms with Crippen molar-refractivity contribution >= 4 is 11.3 Å². The zero-order chi connectivity index (χ0) is 13.1. The predicted molar refractivity (Wildman–Crippen MR) is 78.3 cm³/mol. The predicted octanol–water partition coefficient (Wildman–Crippen LogP) is 3.47. The molecule has 0 atom stereocenters. The summed E-state index contributed by atoms with van der Waals surface area (Å²) in [6, 6.07) is 6.16. The molecule has 1 aliphatic rings. The number of nitrogens with zero attached hydrogens (tertiary/aromatic N) is 2. The third kappa shape index (κ3) is 2.36. The number of H-pyrrole nitrogens is 1. The largest absolute Gasteiger partial charge is 0.367 e. The summed E-state index contributed by atoms with van der Waals surface area (Å²) < 4.78 is 0. The van der Waals surface area contributed by atoms with Gasteiger partial charge < -0.3 is 4.98 Å². The summed E-state index contributed by atoms with van der Waals surface area (Å²) in [6.45, 7) is 3.09. The summed E-state index contributed by atoms with van der Waals surface area (Å²) in [7, 11) is 0. The minimum atomic E-state index is 0.911. The lowest BCUT2D eigenvalue weighted by Crippen LogP contribution is -2.13. The van der Waals surface area contributed by atoms with Crippen molar-refractivity contribution in [3.05, 3.63) is 59.7 Å². The number of rotatable bonds is 2. The van der Waals surface area contributed by atoms with E-state index >= 15 is 0 Å². The number of hydrogen-bond donors (Lipinski definition) is 1. The fourth-order valence-electron chi connectivity index (χ4n) is 2.53. The fourth-order valence-corrected chi connectivity index (χ4v) is 2.53. The number of aromatic nitrogens is 2. The normalized spacial score (nSPS) is 18.1. The average molecular weight is 251 g/mol. The van der Waals surface area contributed by atoms with E-state index in [9.17, 15) is 0 Å². The minimum absolute atomic E-state index is 0.911. The average Bonchev–Trinajstić information content (AvgIpc) is 3.02. The molecule has 0 saturated heterocycles. The second-order valence-electron chi connectivity index (χ2n) is 4.78. The van der Waals surface area contributed by atoms with Crippen LogP contribution in [0.25, 0.3) is 5.57 Å². The Labute approximate surface area is 113 Å². The number of nitrogens with one attached hydrogen (secondary N) is 1. The van der Waals surface area contributed by atoms with Gasteiger partial charge >= 0.3 is 0 Å². The molecule has 0 radical (unpaired) electrons. The highest BCUT2D eigenvalue weighted by Crippen LogP contribution is 2.27. The summed E-state index contributed by atoms with van der Waals surface area (Å²) in [5.41, 5.74) is 6.13. The van der Waals surface area contributed by atoms with Crippen LogP contribution in [-0.4, -0.2) is 22.2 Å². The minimum Gasteiger partial charge on any atom is -0.367 e. The lowest BCUT2D eigenvalue weighted by molar-refractivity contribution is 0.816. The maximum atomic E-state index is 4.72. The number of aromatic amines is 1. The van der Waals surface area contributed by atoms with E-state index in [2.05, 4.69) is 29.0 Å². The summed E-state index contributed by atoms with van der Waals surface area (Å²) in [5.74, 6) is 0. The number of pyridine rings is 1. The van der Waals surface area contributed by atoms with Gasteiger partial charge in [0.25, 0.3) is 0 Å². The summed E-state index contributed by atoms with van der Waals surface area (Å²) in [5, 5.41) is 0. The van der Waals surface area contributed by atoms with E-state index in [1.165, 1.54) is 16.7 Å². The van der Waals surface area contributed by atoms with Crippen molar-refractivity contribution in [1.82, 2.24) is 9.97 Å². The third-order valence-electron chi connectivity index (χ3n) is 3.56. The zero-order valence-corrected chi connectivity index (χ0v) is 11.1. The molecule has 96 valence electrons. The Balaban J connectivity index is 2.07. The van der Waals surface area contributed by atoms with Crippen molar-refractivity contribution < 1.29 is 0 Å². The van der Waals surface area contributed by atoms with Gasteiger partial charge in [0.05, 0.1) is 5.71 Å². The van der Waals surface area contributed by atoms with Gasteiger partial charge in [-0.2, -0.15) is 0 Å². The van der Waals surface area contributed by atoms with Crippen LogP contribution in [0.3, 0.4) is 0 Å². The smallest absolute Gasteiger partial charge is 0.0696 e. The molecule has 0 saturated carbocycles. The monoisotopic (exact) mass is 251 g/mol. The Morgan fingerprint density at radius 2 is 2.26 bits per heavy atom. The van der Waals surface area contributed by atoms with Crippen LogP contribution in [-0.2, 0) is 0 Å². The maximum Gasteiger partial charge on any atom is 0.0696 e. The molecule has 0 bridgehead atoms. The van der Waals surface area contributed by atoms with E-state index < -0.39 is 0 Å². The van der Waals surface area contributed by atoms with Gasteiger partial charge in [-0.05, 0) is 54.7 Å². The topological polar surface area (TPSA) is 41.0 Å². The first-order chi connectivity index (χ1) is 9.36. The number of allylic oxidation sites excluding steroid dienone is 2. The van der Waals surface area contributed by atoms with E-state index in [-0.39, 0.29) is 0 Å². The van der Waals surface area contributed by atoms with E-state index in [0.29, 0.717) is 0 Å². The Morgan fingerprint density at radius 3 is 3.00 bits per heavy atom. The van der Waals surface area contributed by atoms with Crippen molar-refractivity contribution in [3.8, 4) is 0 Å². The van der Waals surface area contributed by atoms with Crippen LogP contribution in [0.2, 0.25) is 0 Å². The van der Waals surface area contributed by atoms with Crippen LogP contribution in [0.5, 0.6) is 0 Å². The molecule has 0 amide bonds. The molecule has 0 aliphatic carbocycles. The van der Waals surface area contributed by atoms with Crippen LogP contribution >= 0.6 is 0 Å². The van der Waals surface area contributed by atoms with Crippen LogP contribution < -0.4 is 0 Å². The van der Waals surface area contributed by atoms with Crippen molar-refractivity contribution in [2.24, 2.45) is 4.99 Å². The van der Waals surface area contributed by atoms with Crippen molar-refractivity contribution in [1.29, 1.82) is 0 Å². The Morgan fingerprint density at radius 1 is 1.32 bits per heavy atom. The Kier molecular flexibility index (Phi) is 3.27. The molecule has 1 aliphatic heterocycles. The molecule has 0 unspecified atom stereocenters. The van der Waals surface area contributed by atoms with Crippen LogP contribution in [0.4, 0.5) is 0 Å². The quantitative estimate of drug-likeness (QED) is 0.872. The summed E-state index contributed by atoms with van der Waals surface area (Å²) >= 11 is 0. The van der Waals surface area contributed by atoms with Gasteiger partial charge in [-0.1, -0.05) is 0 Å². The van der Waals surface area contributed by atoms with Gasteiger partial charge in [0, 0.05) is 36.9 Å². The van der Waals surface area contributed by atoms with Gasteiger partial charge in [-0.3, -0.25) is 9.98 Å². The van der Waals surface area contributed by atoms with Crippen LogP contribution in [0.1, 0.15) is 30.9 Å². The van der Waals surface area contributed by atoms with Gasteiger partial charge in [-0.25, -0.2) is 0 Å². The summed E-state index contributed by atoms with van der Waals surface area (Å²) in [4.78, 5) is 12.0. The van der Waals surface area contributed by atoms with Gasteiger partial charge in [0.15, 0.2) is 0 Å². The standard InChI is InChI=1S/C16H17N3/c1-12(13-6-9-18-10-13)15-5-3-8-19-16(15)14-4-2-7-17-11-14/h2,4,6-7,9-11,18H,3,5,8H2,1H3. The van der Waals surface area contributed by atoms with Crippen molar-refractivity contribution in [2.75, 3.05) is 6.54 Å². The first kappa shape index (κ1) is 11.9. The molecule has 2 aromatic rings. The fraction of sp³-hybridized carbons (Fsp3) is 0.250. The molecule has 0 spiro atoms. The first-order valence-electron chi connectivity index (χ1n) is 6.64. The second kappa shape index (κ2) is 5.22. The Bertz CT molecular complexity index is 607. The molecular formula is C16H17N3. The van der Waals surface area contributed by atoms with Crippen LogP contribution in [0.15, 0.2) is 53.6 Å². The lowest BCUT2D eigenvalue weighted by Gasteiger charge is -2.19. The molecule has 3 heteroatoms. The maximum absolute atomic E-state index is 4.72. The molecule has 3 heterocycles. The van der Waals surface area contributed by atoms with Crippen LogP contribution in [0, 0.1) is 0 Å². The zero-order valence-electron chi connectivity index (χ0n) is 11.1. The van der Waals surface area contributed by atoms with E-state index in [1.807, 2.05) is 24.7 Å². The van der Waals surface area contributed by atoms with E-state index in [1.54, 1.807) is 6.20 Å². The number of hydrogen-bond acceptors (Lipinski definition) is 2. The molecule has 0 aromatic carbocycles. The molecule has 3 nitrogen and oxygen atoms in total. The van der Waals surface area contributed by atoms with E-state index in [0.717, 1.165) is 30.7 Å². The second-order valence-corrected chi connectivity index (χ2v) is 4.78. The highest BCUT2D eigenvalue weighted by atomic mass is 14.8. The highest BCUT2D eigenvalue weighted by molar-refractivity contribution is 6.16. The molecule has 19 heavy (non-hydrogen) atoms. The van der Waals surface area contributed by atoms with E-state index in [4.69, 9.17) is 4.99 Å². The SMILES string of the molecule is CC(=C1CCCN=C1c1cccnc1)c1cc[nH]c1. The number of aliphatic imine (C=N–C) groups is 1. The molecule has 3 rings (SSSR count). The Hall–Kier alpha value is -2.16. The lowest BCUT2D eigenvalue weighted by atomic mass is 9.91. The summed E-state index contributed by atoms with van der Waals surface area (Å²) in [6.07, 6.45) is 9.91. The van der Waals surface area contributed by atoms with Gasteiger partial charge in [-0.15, -0.1) is 0 Å². The van der Waals surface area contributed by atoms with Crippen molar-refractivity contribution in [3.63, 3.8) is 0 Å². The molecule has 0 fully saturated rings. The highest BCUT2D eigenvalue weighted by Gasteiger charge is 2.17. The third-order valence-corrected chi connectivity index (χ3v) is 3.56. The van der Waals surface area contributed by atoms with Gasteiger partial charge in [0.2, 0.25) is 0 Å². The van der Waals surface area contributed by atoms with Crippen molar-refractivity contribution in [2.45, 2.75) is 19.8 Å². The van der Waals surface area contributed by atoms with Gasteiger partial charge in [0.1, 0.15) is 0 Å².